The zero-order chi connectivity index (χ0) is 16.6. The molecule has 3 rings (SSSR count). The fourth-order valence-electron chi connectivity index (χ4n) is 2.64. The van der Waals surface area contributed by atoms with Gasteiger partial charge < -0.3 is 4.74 Å². The first kappa shape index (κ1) is 16.0. The lowest BCUT2D eigenvalue weighted by Gasteiger charge is -2.19. The maximum absolute atomic E-state index is 12.1. The van der Waals surface area contributed by atoms with Crippen molar-refractivity contribution in [3.63, 3.8) is 0 Å². The van der Waals surface area contributed by atoms with E-state index in [2.05, 4.69) is 42.1 Å². The van der Waals surface area contributed by atoms with Crippen LogP contribution in [0.4, 0.5) is 15.3 Å². The summed E-state index contributed by atoms with van der Waals surface area (Å²) in [6.07, 6.45) is -0.814. The Balaban J connectivity index is 2.01. The quantitative estimate of drug-likeness (QED) is 0.515. The van der Waals surface area contributed by atoms with Crippen LogP contribution in [0.15, 0.2) is 42.5 Å². The predicted octanol–water partition coefficient (Wildman–Crippen LogP) is 4.74. The highest BCUT2D eigenvalue weighted by atomic mass is 79.9. The SMILES string of the molecule is COC(=O)NC(=O)N(Br)c1cccc2c1C(Br)c1ccccc1-2. The van der Waals surface area contributed by atoms with E-state index in [1.54, 1.807) is 0 Å². The summed E-state index contributed by atoms with van der Waals surface area (Å²) in [5.74, 6) is 0. The number of urea groups is 1. The summed E-state index contributed by atoms with van der Waals surface area (Å²) in [7, 11) is 1.20. The first-order valence-corrected chi connectivity index (χ1v) is 8.38. The van der Waals surface area contributed by atoms with Crippen LogP contribution in [-0.2, 0) is 4.74 Å². The number of imide groups is 1. The molecule has 7 heteroatoms. The molecular formula is C16H12Br2N2O3. The van der Waals surface area contributed by atoms with E-state index in [0.29, 0.717) is 5.69 Å². The number of rotatable bonds is 1. The lowest BCUT2D eigenvalue weighted by atomic mass is 10.1. The van der Waals surface area contributed by atoms with E-state index in [4.69, 9.17) is 0 Å². The zero-order valence-electron chi connectivity index (χ0n) is 12.0. The van der Waals surface area contributed by atoms with Gasteiger partial charge in [-0.25, -0.2) is 18.8 Å². The van der Waals surface area contributed by atoms with Crippen molar-refractivity contribution in [1.82, 2.24) is 5.32 Å². The van der Waals surface area contributed by atoms with Gasteiger partial charge in [0.25, 0.3) is 0 Å². The lowest BCUT2D eigenvalue weighted by Crippen LogP contribution is -2.38. The smallest absolute Gasteiger partial charge is 0.415 e. The molecule has 0 radical (unpaired) electrons. The number of hydrogen-bond donors (Lipinski definition) is 1. The Bertz CT molecular complexity index is 795. The number of fused-ring (bicyclic) bond motifs is 3. The van der Waals surface area contributed by atoms with Crippen LogP contribution in [0.25, 0.3) is 11.1 Å². The largest absolute Gasteiger partial charge is 0.453 e. The Morgan fingerprint density at radius 3 is 2.57 bits per heavy atom. The van der Waals surface area contributed by atoms with Gasteiger partial charge in [0.05, 0.1) is 33.8 Å². The van der Waals surface area contributed by atoms with Crippen LogP contribution >= 0.6 is 32.1 Å². The Kier molecular flexibility index (Phi) is 4.41. The van der Waals surface area contributed by atoms with Gasteiger partial charge in [0, 0.05) is 5.56 Å². The van der Waals surface area contributed by atoms with Crippen molar-refractivity contribution in [3.8, 4) is 11.1 Å². The molecule has 1 aliphatic carbocycles. The van der Waals surface area contributed by atoms with Crippen LogP contribution in [0, 0.1) is 0 Å². The van der Waals surface area contributed by atoms with Gasteiger partial charge in [-0.2, -0.15) is 0 Å². The van der Waals surface area contributed by atoms with E-state index in [9.17, 15) is 9.59 Å². The van der Waals surface area contributed by atoms with E-state index in [0.717, 1.165) is 22.3 Å². The van der Waals surface area contributed by atoms with Crippen molar-refractivity contribution in [3.05, 3.63) is 53.6 Å². The molecule has 2 aromatic carbocycles. The molecular weight excluding hydrogens is 428 g/mol. The van der Waals surface area contributed by atoms with Crippen molar-refractivity contribution >= 4 is 49.9 Å². The summed E-state index contributed by atoms with van der Waals surface area (Å²) in [6.45, 7) is 0. The number of hydrogen-bond acceptors (Lipinski definition) is 3. The first-order chi connectivity index (χ1) is 11.0. The normalized spacial score (nSPS) is 14.7. The molecule has 0 saturated carbocycles. The van der Waals surface area contributed by atoms with Gasteiger partial charge in [-0.3, -0.25) is 0 Å². The van der Waals surface area contributed by atoms with Crippen molar-refractivity contribution in [2.24, 2.45) is 0 Å². The van der Waals surface area contributed by atoms with Crippen LogP contribution < -0.4 is 9.24 Å². The number of nitrogens with zero attached hydrogens (tertiary/aromatic N) is 1. The Hall–Kier alpha value is -1.86. The average Bonchev–Trinajstić information content (AvgIpc) is 2.87. The highest BCUT2D eigenvalue weighted by Crippen LogP contribution is 2.51. The number of ether oxygens (including phenoxy) is 1. The van der Waals surface area contributed by atoms with Gasteiger partial charge in [0.2, 0.25) is 0 Å². The van der Waals surface area contributed by atoms with E-state index in [1.165, 1.54) is 11.0 Å². The summed E-state index contributed by atoms with van der Waals surface area (Å²) in [4.78, 5) is 23.3. The lowest BCUT2D eigenvalue weighted by molar-refractivity contribution is 0.172. The summed E-state index contributed by atoms with van der Waals surface area (Å²) in [6, 6.07) is 13.1. The second-order valence-corrected chi connectivity index (χ2v) is 6.52. The molecule has 5 nitrogen and oxygen atoms in total. The van der Waals surface area contributed by atoms with Gasteiger partial charge in [0.1, 0.15) is 0 Å². The summed E-state index contributed by atoms with van der Waals surface area (Å²) in [5, 5.41) is 2.12. The van der Waals surface area contributed by atoms with E-state index >= 15 is 0 Å². The van der Waals surface area contributed by atoms with Crippen LogP contribution in [0.1, 0.15) is 16.0 Å². The number of anilines is 1. The number of alkyl halides is 1. The Labute approximate surface area is 150 Å². The molecule has 1 atom stereocenters. The van der Waals surface area contributed by atoms with Crippen LogP contribution in [-0.4, -0.2) is 19.2 Å². The van der Waals surface area contributed by atoms with Gasteiger partial charge >= 0.3 is 12.1 Å². The summed E-state index contributed by atoms with van der Waals surface area (Å²) >= 11 is 6.93. The van der Waals surface area contributed by atoms with E-state index in [1.807, 2.05) is 42.5 Å². The number of amides is 3. The molecule has 1 aliphatic rings. The molecule has 3 amide bonds. The molecule has 2 aromatic rings. The van der Waals surface area contributed by atoms with Crippen LogP contribution in [0.3, 0.4) is 0 Å². The molecule has 1 N–H and O–H groups in total. The molecule has 0 bridgehead atoms. The molecule has 0 spiro atoms. The molecule has 0 aliphatic heterocycles. The van der Waals surface area contributed by atoms with Crippen molar-refractivity contribution < 1.29 is 14.3 Å². The van der Waals surface area contributed by atoms with Crippen molar-refractivity contribution in [1.29, 1.82) is 0 Å². The van der Waals surface area contributed by atoms with Gasteiger partial charge in [0.15, 0.2) is 0 Å². The predicted molar refractivity (Wildman–Crippen MR) is 95.0 cm³/mol. The van der Waals surface area contributed by atoms with Crippen LogP contribution in [0.5, 0.6) is 0 Å². The average molecular weight is 440 g/mol. The minimum Gasteiger partial charge on any atom is -0.453 e. The van der Waals surface area contributed by atoms with Gasteiger partial charge in [-0.05, 0) is 22.8 Å². The number of carbonyl (C=O) groups excluding carboxylic acids is 2. The molecule has 23 heavy (non-hydrogen) atoms. The van der Waals surface area contributed by atoms with Gasteiger partial charge in [-0.1, -0.05) is 52.3 Å². The minimum atomic E-state index is -0.814. The Morgan fingerprint density at radius 1 is 1.13 bits per heavy atom. The van der Waals surface area contributed by atoms with Crippen LogP contribution in [0.2, 0.25) is 0 Å². The fourth-order valence-corrected chi connectivity index (χ4v) is 3.92. The van der Waals surface area contributed by atoms with Crippen molar-refractivity contribution in [2.75, 3.05) is 11.0 Å². The standard InChI is InChI=1S/C16H12Br2N2O3/c1-23-16(22)19-15(21)20(18)12-8-4-7-10-9-5-2-3-6-11(9)14(17)13(10)12/h2-8,14H,1H3,(H,19,21,22). The number of alkyl carbamates (subject to hydrolysis) is 1. The molecule has 0 aromatic heterocycles. The Morgan fingerprint density at radius 2 is 1.83 bits per heavy atom. The number of carbonyl (C=O) groups is 2. The molecule has 0 fully saturated rings. The molecule has 1 unspecified atom stereocenters. The molecule has 118 valence electrons. The summed E-state index contributed by atoms with van der Waals surface area (Å²) < 4.78 is 5.67. The monoisotopic (exact) mass is 438 g/mol. The highest BCUT2D eigenvalue weighted by molar-refractivity contribution is 9.10. The van der Waals surface area contributed by atoms with E-state index in [-0.39, 0.29) is 4.83 Å². The molecule has 0 heterocycles. The fraction of sp³-hybridized carbons (Fsp3) is 0.125. The zero-order valence-corrected chi connectivity index (χ0v) is 15.2. The van der Waals surface area contributed by atoms with Gasteiger partial charge in [-0.15, -0.1) is 0 Å². The highest BCUT2D eigenvalue weighted by Gasteiger charge is 2.31. The number of halogens is 2. The van der Waals surface area contributed by atoms with E-state index < -0.39 is 12.1 Å². The molecule has 0 saturated heterocycles. The summed E-state index contributed by atoms with van der Waals surface area (Å²) in [5.41, 5.74) is 4.94. The van der Waals surface area contributed by atoms with Crippen molar-refractivity contribution in [2.45, 2.75) is 4.83 Å². The maximum Gasteiger partial charge on any atom is 0.415 e. The topological polar surface area (TPSA) is 58.6 Å². The third kappa shape index (κ3) is 2.74. The third-order valence-corrected chi connectivity index (χ3v) is 5.30. The number of benzene rings is 2. The number of methoxy groups -OCH3 is 1. The maximum atomic E-state index is 12.1. The third-order valence-electron chi connectivity index (χ3n) is 3.64. The number of nitrogens with one attached hydrogen (secondary N) is 1. The second-order valence-electron chi connectivity index (χ2n) is 4.89. The second kappa shape index (κ2) is 6.33. The minimum absolute atomic E-state index is 0.0316. The first-order valence-electron chi connectivity index (χ1n) is 6.75.